The van der Waals surface area contributed by atoms with Crippen molar-refractivity contribution in [2.24, 2.45) is 11.8 Å². The molecule has 4 heteroatoms. The van der Waals surface area contributed by atoms with Crippen molar-refractivity contribution in [3.05, 3.63) is 34.9 Å². The summed E-state index contributed by atoms with van der Waals surface area (Å²) in [5.41, 5.74) is 3.49. The van der Waals surface area contributed by atoms with Gasteiger partial charge in [-0.3, -0.25) is 9.59 Å². The molecule has 2 rings (SSSR count). The van der Waals surface area contributed by atoms with Crippen molar-refractivity contribution in [3.8, 4) is 0 Å². The fourth-order valence-corrected chi connectivity index (χ4v) is 3.02. The Hall–Kier alpha value is -1.84. The molecule has 0 aliphatic heterocycles. The lowest BCUT2D eigenvalue weighted by atomic mass is 9.81. The Kier molecular flexibility index (Phi) is 4.99. The minimum Gasteiger partial charge on any atom is -0.481 e. The van der Waals surface area contributed by atoms with Gasteiger partial charge in [-0.05, 0) is 44.2 Å². The molecule has 1 amide bonds. The molecule has 1 aromatic carbocycles. The van der Waals surface area contributed by atoms with Gasteiger partial charge in [-0.1, -0.05) is 30.2 Å². The van der Waals surface area contributed by atoms with Crippen LogP contribution in [0.3, 0.4) is 0 Å². The van der Waals surface area contributed by atoms with E-state index in [0.29, 0.717) is 19.4 Å². The molecule has 1 aliphatic rings. The van der Waals surface area contributed by atoms with Crippen molar-refractivity contribution in [1.82, 2.24) is 5.32 Å². The highest BCUT2D eigenvalue weighted by Gasteiger charge is 2.30. The molecule has 4 nitrogen and oxygen atoms in total. The molecule has 0 aromatic heterocycles. The largest absolute Gasteiger partial charge is 0.481 e. The van der Waals surface area contributed by atoms with Crippen LogP contribution in [0.4, 0.5) is 0 Å². The summed E-state index contributed by atoms with van der Waals surface area (Å²) in [6, 6.07) is 6.17. The van der Waals surface area contributed by atoms with E-state index in [1.165, 1.54) is 11.1 Å². The van der Waals surface area contributed by atoms with Crippen LogP contribution in [0.5, 0.6) is 0 Å². The summed E-state index contributed by atoms with van der Waals surface area (Å²) in [6.07, 6.45) is 2.77. The molecule has 0 spiro atoms. The quantitative estimate of drug-likeness (QED) is 0.895. The number of carboxylic acids is 1. The first-order valence-electron chi connectivity index (χ1n) is 7.54. The van der Waals surface area contributed by atoms with Crippen LogP contribution in [0.25, 0.3) is 0 Å². The van der Waals surface area contributed by atoms with E-state index in [1.54, 1.807) is 0 Å². The Morgan fingerprint density at radius 3 is 2.62 bits per heavy atom. The Balaban J connectivity index is 1.90. The van der Waals surface area contributed by atoms with Crippen LogP contribution >= 0.6 is 0 Å². The smallest absolute Gasteiger partial charge is 0.306 e. The molecule has 2 atom stereocenters. The van der Waals surface area contributed by atoms with E-state index >= 15 is 0 Å². The Morgan fingerprint density at radius 2 is 1.95 bits per heavy atom. The minimum absolute atomic E-state index is 0.0130. The van der Waals surface area contributed by atoms with E-state index in [0.717, 1.165) is 18.4 Å². The highest BCUT2D eigenvalue weighted by molar-refractivity contribution is 5.80. The number of carboxylic acid groups (broad SMARTS) is 1. The summed E-state index contributed by atoms with van der Waals surface area (Å²) < 4.78 is 0. The summed E-state index contributed by atoms with van der Waals surface area (Å²) in [5.74, 6) is -1.32. The molecule has 1 aliphatic carbocycles. The van der Waals surface area contributed by atoms with Crippen LogP contribution in [-0.2, 0) is 16.1 Å². The molecule has 0 bridgehead atoms. The van der Waals surface area contributed by atoms with E-state index < -0.39 is 5.97 Å². The zero-order valence-electron chi connectivity index (χ0n) is 12.7. The van der Waals surface area contributed by atoms with Gasteiger partial charge >= 0.3 is 5.97 Å². The molecular formula is C17H23NO3. The SMILES string of the molecule is Cc1ccc(CNC(=O)C2CCCC(C(=O)O)C2)c(C)c1. The van der Waals surface area contributed by atoms with Crippen molar-refractivity contribution in [3.63, 3.8) is 0 Å². The third-order valence-electron chi connectivity index (χ3n) is 4.35. The Morgan fingerprint density at radius 1 is 1.24 bits per heavy atom. The summed E-state index contributed by atoms with van der Waals surface area (Å²) in [4.78, 5) is 23.3. The van der Waals surface area contributed by atoms with E-state index in [2.05, 4.69) is 11.4 Å². The van der Waals surface area contributed by atoms with Gasteiger partial charge in [0.05, 0.1) is 5.92 Å². The maximum absolute atomic E-state index is 12.2. The van der Waals surface area contributed by atoms with Crippen molar-refractivity contribution in [1.29, 1.82) is 0 Å². The maximum Gasteiger partial charge on any atom is 0.306 e. The molecule has 2 N–H and O–H groups in total. The van der Waals surface area contributed by atoms with Gasteiger partial charge in [0, 0.05) is 12.5 Å². The monoisotopic (exact) mass is 289 g/mol. The Labute approximate surface area is 125 Å². The van der Waals surface area contributed by atoms with Crippen LogP contribution in [0.15, 0.2) is 18.2 Å². The van der Waals surface area contributed by atoms with Gasteiger partial charge in [-0.25, -0.2) is 0 Å². The zero-order valence-corrected chi connectivity index (χ0v) is 12.7. The number of carbonyl (C=O) groups is 2. The number of carbonyl (C=O) groups excluding carboxylic acids is 1. The summed E-state index contributed by atoms with van der Waals surface area (Å²) in [6.45, 7) is 4.60. The van der Waals surface area contributed by atoms with Crippen molar-refractivity contribution in [2.75, 3.05) is 0 Å². The van der Waals surface area contributed by atoms with Gasteiger partial charge in [0.25, 0.3) is 0 Å². The lowest BCUT2D eigenvalue weighted by molar-refractivity contribution is -0.144. The summed E-state index contributed by atoms with van der Waals surface area (Å²) in [7, 11) is 0. The maximum atomic E-state index is 12.2. The second-order valence-corrected chi connectivity index (χ2v) is 6.05. The van der Waals surface area contributed by atoms with E-state index in [9.17, 15) is 9.59 Å². The van der Waals surface area contributed by atoms with Crippen LogP contribution in [0.1, 0.15) is 42.4 Å². The standard InChI is InChI=1S/C17H23NO3/c1-11-6-7-15(12(2)8-11)10-18-16(19)13-4-3-5-14(9-13)17(20)21/h6-8,13-14H,3-5,9-10H2,1-2H3,(H,18,19)(H,20,21). The second-order valence-electron chi connectivity index (χ2n) is 6.05. The van der Waals surface area contributed by atoms with Gasteiger partial charge in [0.2, 0.25) is 5.91 Å². The van der Waals surface area contributed by atoms with E-state index in [1.807, 2.05) is 26.0 Å². The summed E-state index contributed by atoms with van der Waals surface area (Å²) in [5, 5.41) is 12.0. The van der Waals surface area contributed by atoms with E-state index in [4.69, 9.17) is 5.11 Å². The lowest BCUT2D eigenvalue weighted by Gasteiger charge is -2.25. The highest BCUT2D eigenvalue weighted by Crippen LogP contribution is 2.29. The van der Waals surface area contributed by atoms with Crippen molar-refractivity contribution in [2.45, 2.75) is 46.1 Å². The molecule has 1 aromatic rings. The van der Waals surface area contributed by atoms with Crippen LogP contribution in [0, 0.1) is 25.7 Å². The molecule has 1 saturated carbocycles. The molecule has 21 heavy (non-hydrogen) atoms. The molecule has 0 radical (unpaired) electrons. The number of aliphatic carboxylic acids is 1. The number of rotatable bonds is 4. The number of amides is 1. The lowest BCUT2D eigenvalue weighted by Crippen LogP contribution is -2.35. The predicted molar refractivity (Wildman–Crippen MR) is 80.8 cm³/mol. The first-order valence-corrected chi connectivity index (χ1v) is 7.54. The molecular weight excluding hydrogens is 266 g/mol. The molecule has 2 unspecified atom stereocenters. The van der Waals surface area contributed by atoms with E-state index in [-0.39, 0.29) is 17.7 Å². The van der Waals surface area contributed by atoms with Gasteiger partial charge in [0.15, 0.2) is 0 Å². The van der Waals surface area contributed by atoms with Crippen molar-refractivity contribution >= 4 is 11.9 Å². The number of hydrogen-bond acceptors (Lipinski definition) is 2. The number of aryl methyl sites for hydroxylation is 2. The molecule has 0 saturated heterocycles. The zero-order chi connectivity index (χ0) is 15.4. The number of hydrogen-bond donors (Lipinski definition) is 2. The molecule has 0 heterocycles. The van der Waals surface area contributed by atoms with Crippen LogP contribution < -0.4 is 5.32 Å². The number of benzene rings is 1. The normalized spacial score (nSPS) is 21.8. The number of nitrogens with one attached hydrogen (secondary N) is 1. The van der Waals surface area contributed by atoms with Crippen LogP contribution in [-0.4, -0.2) is 17.0 Å². The Bertz CT molecular complexity index is 539. The first kappa shape index (κ1) is 15.5. The first-order chi connectivity index (χ1) is 9.97. The summed E-state index contributed by atoms with van der Waals surface area (Å²) >= 11 is 0. The van der Waals surface area contributed by atoms with Gasteiger partial charge < -0.3 is 10.4 Å². The van der Waals surface area contributed by atoms with Crippen LogP contribution in [0.2, 0.25) is 0 Å². The fourth-order valence-electron chi connectivity index (χ4n) is 3.02. The van der Waals surface area contributed by atoms with Gasteiger partial charge in [0.1, 0.15) is 0 Å². The molecule has 114 valence electrons. The predicted octanol–water partition coefficient (Wildman–Crippen LogP) is 2.81. The average Bonchev–Trinajstić information content (AvgIpc) is 2.46. The third-order valence-corrected chi connectivity index (χ3v) is 4.35. The third kappa shape index (κ3) is 4.06. The minimum atomic E-state index is -0.776. The molecule has 1 fully saturated rings. The second kappa shape index (κ2) is 6.74. The average molecular weight is 289 g/mol. The van der Waals surface area contributed by atoms with Crippen molar-refractivity contribution < 1.29 is 14.7 Å². The fraction of sp³-hybridized carbons (Fsp3) is 0.529. The topological polar surface area (TPSA) is 66.4 Å². The van der Waals surface area contributed by atoms with Gasteiger partial charge in [-0.15, -0.1) is 0 Å². The van der Waals surface area contributed by atoms with Gasteiger partial charge in [-0.2, -0.15) is 0 Å². The highest BCUT2D eigenvalue weighted by atomic mass is 16.4.